The Hall–Kier alpha value is -3.05. The fraction of sp³-hybridized carbons (Fsp3) is 0.393. The van der Waals surface area contributed by atoms with Gasteiger partial charge in [0.25, 0.3) is 0 Å². The van der Waals surface area contributed by atoms with Gasteiger partial charge < -0.3 is 18.7 Å². The zero-order chi connectivity index (χ0) is 27.5. The van der Waals surface area contributed by atoms with E-state index in [0.29, 0.717) is 53.6 Å². The van der Waals surface area contributed by atoms with Crippen molar-refractivity contribution in [1.29, 1.82) is 0 Å². The number of nitrogens with zero attached hydrogens (tertiary/aromatic N) is 4. The van der Waals surface area contributed by atoms with Crippen LogP contribution >= 0.6 is 22.2 Å². The first-order valence-corrected chi connectivity index (χ1v) is 15.3. The number of fused-ring (bicyclic) bond motifs is 1. The highest BCUT2D eigenvalue weighted by Crippen LogP contribution is 2.49. The van der Waals surface area contributed by atoms with Crippen LogP contribution < -0.4 is 9.64 Å². The normalized spacial score (nSPS) is 20.6. The Morgan fingerprint density at radius 3 is 2.56 bits per heavy atom. The van der Waals surface area contributed by atoms with Crippen LogP contribution in [0.25, 0.3) is 22.2 Å². The van der Waals surface area contributed by atoms with Crippen LogP contribution in [-0.2, 0) is 4.79 Å². The summed E-state index contributed by atoms with van der Waals surface area (Å²) in [5.41, 5.74) is 5.15. The van der Waals surface area contributed by atoms with Gasteiger partial charge in [-0.05, 0) is 62.9 Å². The summed E-state index contributed by atoms with van der Waals surface area (Å²) in [5, 5.41) is 4.59. The predicted molar refractivity (Wildman–Crippen MR) is 153 cm³/mol. The Bertz CT molecular complexity index is 1550. The molecule has 0 saturated carbocycles. The molecule has 39 heavy (non-hydrogen) atoms. The topological polar surface area (TPSA) is 114 Å². The number of amides is 1. The molecule has 0 unspecified atom stereocenters. The minimum atomic E-state index is -2.56. The van der Waals surface area contributed by atoms with E-state index in [1.807, 2.05) is 32.0 Å². The molecule has 2 aliphatic heterocycles. The molecule has 2 saturated heterocycles. The average molecular weight is 571 g/mol. The zero-order valence-corrected chi connectivity index (χ0v) is 23.6. The van der Waals surface area contributed by atoms with Gasteiger partial charge in [-0.15, -0.1) is 0 Å². The lowest BCUT2D eigenvalue weighted by molar-refractivity contribution is -0.117. The van der Waals surface area contributed by atoms with Crippen LogP contribution in [0.3, 0.4) is 0 Å². The third-order valence-electron chi connectivity index (χ3n) is 7.84. The molecule has 2 aromatic carbocycles. The van der Waals surface area contributed by atoms with Gasteiger partial charge in [-0.3, -0.25) is 13.9 Å². The summed E-state index contributed by atoms with van der Waals surface area (Å²) in [6, 6.07) is 11.2. The van der Waals surface area contributed by atoms with E-state index in [0.717, 1.165) is 39.4 Å². The Balaban J connectivity index is 1.50. The van der Waals surface area contributed by atoms with E-state index in [1.54, 1.807) is 24.1 Å². The highest BCUT2D eigenvalue weighted by atomic mass is 35.5. The summed E-state index contributed by atoms with van der Waals surface area (Å²) in [4.78, 5) is 20.2. The molecule has 1 atom stereocenters. The Kier molecular flexibility index (Phi) is 6.61. The van der Waals surface area contributed by atoms with Crippen molar-refractivity contribution in [3.05, 3.63) is 58.7 Å². The number of carbonyl (C=O) groups excluding carboxylic acids is 1. The summed E-state index contributed by atoms with van der Waals surface area (Å²) < 4.78 is 33.7. The fourth-order valence-corrected chi connectivity index (χ4v) is 7.72. The van der Waals surface area contributed by atoms with Crippen molar-refractivity contribution in [2.24, 2.45) is 0 Å². The van der Waals surface area contributed by atoms with Crippen LogP contribution in [-0.4, -0.2) is 48.3 Å². The number of benzene rings is 2. The maximum atomic E-state index is 13.3. The standard InChI is InChI=1S/C28H31ClN4O5S/c1-16-27(17(2)38-31-16)18-4-5-24-23(12-18)30-28(33(24)20-8-10-39(35,36)11-9-20)25-6-7-26(34)32(25)21-13-19(29)14-22(15-21)37-3/h4-5,12-15,20,25,35-36H,6-11H2,1-3H3/t25-/m0/s1. The fourth-order valence-electron chi connectivity index (χ4n) is 6.00. The quantitative estimate of drug-likeness (QED) is 0.267. The summed E-state index contributed by atoms with van der Waals surface area (Å²) in [6.07, 6.45) is 2.24. The van der Waals surface area contributed by atoms with Gasteiger partial charge in [0.1, 0.15) is 17.3 Å². The monoisotopic (exact) mass is 570 g/mol. The summed E-state index contributed by atoms with van der Waals surface area (Å²) in [5.74, 6) is 2.81. The van der Waals surface area contributed by atoms with Gasteiger partial charge in [0.2, 0.25) is 5.91 Å². The minimum absolute atomic E-state index is 0.00263. The Morgan fingerprint density at radius 1 is 1.10 bits per heavy atom. The number of aromatic nitrogens is 3. The first kappa shape index (κ1) is 26.2. The number of rotatable bonds is 5. The van der Waals surface area contributed by atoms with Crippen molar-refractivity contribution < 1.29 is 23.2 Å². The molecular weight excluding hydrogens is 540 g/mol. The molecule has 11 heteroatoms. The summed E-state index contributed by atoms with van der Waals surface area (Å²) >= 11 is 6.39. The zero-order valence-electron chi connectivity index (χ0n) is 22.1. The van der Waals surface area contributed by atoms with E-state index in [1.165, 1.54) is 0 Å². The highest BCUT2D eigenvalue weighted by Gasteiger charge is 2.39. The van der Waals surface area contributed by atoms with Gasteiger partial charge in [-0.25, -0.2) is 4.98 Å². The molecule has 0 radical (unpaired) electrons. The maximum absolute atomic E-state index is 13.3. The first-order chi connectivity index (χ1) is 18.6. The molecule has 206 valence electrons. The van der Waals surface area contributed by atoms with E-state index < -0.39 is 10.6 Å². The van der Waals surface area contributed by atoms with Crippen LogP contribution in [0, 0.1) is 13.8 Å². The summed E-state index contributed by atoms with van der Waals surface area (Å²) in [7, 11) is -0.985. The number of imidazole rings is 1. The SMILES string of the molecule is COc1cc(Cl)cc(N2C(=O)CC[C@H]2c2nc3cc(-c4c(C)noc4C)ccc3n2C2CCS(O)(O)CC2)c1. The molecule has 4 heterocycles. The number of hydrogen-bond donors (Lipinski definition) is 2. The lowest BCUT2D eigenvalue weighted by atomic mass is 10.0. The molecule has 0 spiro atoms. The molecule has 9 nitrogen and oxygen atoms in total. The number of methoxy groups -OCH3 is 1. The van der Waals surface area contributed by atoms with Crippen LogP contribution in [0.4, 0.5) is 5.69 Å². The number of ether oxygens (including phenoxy) is 1. The van der Waals surface area contributed by atoms with Gasteiger partial charge in [0.15, 0.2) is 0 Å². The molecule has 2 aromatic heterocycles. The third kappa shape index (κ3) is 4.69. The van der Waals surface area contributed by atoms with Gasteiger partial charge in [-0.1, -0.05) is 22.8 Å². The van der Waals surface area contributed by atoms with E-state index >= 15 is 0 Å². The van der Waals surface area contributed by atoms with Crippen molar-refractivity contribution in [2.75, 3.05) is 23.5 Å². The van der Waals surface area contributed by atoms with Crippen molar-refractivity contribution in [3.63, 3.8) is 0 Å². The van der Waals surface area contributed by atoms with Gasteiger partial charge in [0.05, 0.1) is 29.9 Å². The van der Waals surface area contributed by atoms with Crippen molar-refractivity contribution in [3.8, 4) is 16.9 Å². The molecule has 0 aliphatic carbocycles. The van der Waals surface area contributed by atoms with Crippen LogP contribution in [0.2, 0.25) is 5.02 Å². The molecule has 6 rings (SSSR count). The van der Waals surface area contributed by atoms with Gasteiger partial charge >= 0.3 is 0 Å². The first-order valence-electron chi connectivity index (χ1n) is 13.0. The number of anilines is 1. The van der Waals surface area contributed by atoms with Crippen LogP contribution in [0.15, 0.2) is 40.9 Å². The van der Waals surface area contributed by atoms with Crippen molar-refractivity contribution in [2.45, 2.75) is 51.6 Å². The molecule has 2 fully saturated rings. The molecular formula is C28H31ClN4O5S. The number of hydrogen-bond acceptors (Lipinski definition) is 7. The minimum Gasteiger partial charge on any atom is -0.497 e. The second kappa shape index (κ2) is 9.85. The molecule has 0 bridgehead atoms. The highest BCUT2D eigenvalue weighted by molar-refractivity contribution is 8.24. The Morgan fingerprint density at radius 2 is 1.87 bits per heavy atom. The lowest BCUT2D eigenvalue weighted by Gasteiger charge is -2.40. The van der Waals surface area contributed by atoms with Crippen LogP contribution in [0.5, 0.6) is 5.75 Å². The average Bonchev–Trinajstić information content (AvgIpc) is 3.57. The predicted octanol–water partition coefficient (Wildman–Crippen LogP) is 6.92. The molecule has 2 N–H and O–H groups in total. The van der Waals surface area contributed by atoms with Crippen molar-refractivity contribution >= 4 is 44.8 Å². The number of halogens is 1. The number of aryl methyl sites for hydroxylation is 2. The van der Waals surface area contributed by atoms with E-state index in [4.69, 9.17) is 25.8 Å². The van der Waals surface area contributed by atoms with Crippen LogP contribution in [0.1, 0.15) is 55.0 Å². The second-order valence-electron chi connectivity index (χ2n) is 10.4. The molecule has 2 aliphatic rings. The largest absolute Gasteiger partial charge is 0.497 e. The van der Waals surface area contributed by atoms with E-state index in [-0.39, 0.29) is 18.0 Å². The molecule has 4 aromatic rings. The Labute approximate surface area is 233 Å². The van der Waals surface area contributed by atoms with E-state index in [9.17, 15) is 13.9 Å². The third-order valence-corrected chi connectivity index (χ3v) is 9.84. The maximum Gasteiger partial charge on any atom is 0.227 e. The lowest BCUT2D eigenvalue weighted by Crippen LogP contribution is -2.31. The van der Waals surface area contributed by atoms with Gasteiger partial charge in [-0.2, -0.15) is 10.6 Å². The smallest absolute Gasteiger partial charge is 0.227 e. The number of carbonyl (C=O) groups is 1. The second-order valence-corrected chi connectivity index (χ2v) is 13.2. The molecule has 1 amide bonds. The summed E-state index contributed by atoms with van der Waals surface area (Å²) in [6.45, 7) is 3.81. The van der Waals surface area contributed by atoms with E-state index in [2.05, 4.69) is 15.8 Å². The van der Waals surface area contributed by atoms with Gasteiger partial charge in [0, 0.05) is 46.3 Å². The van der Waals surface area contributed by atoms with Crippen molar-refractivity contribution in [1.82, 2.24) is 14.7 Å².